The third-order valence-electron chi connectivity index (χ3n) is 2.73. The third-order valence-corrected chi connectivity index (χ3v) is 2.73. The fourth-order valence-corrected chi connectivity index (χ4v) is 1.77. The number of nitro benzene ring substituents is 1. The van der Waals surface area contributed by atoms with Crippen molar-refractivity contribution in [1.82, 2.24) is 0 Å². The summed E-state index contributed by atoms with van der Waals surface area (Å²) < 4.78 is 5.55. The van der Waals surface area contributed by atoms with Gasteiger partial charge in [-0.3, -0.25) is 10.1 Å². The van der Waals surface area contributed by atoms with Gasteiger partial charge in [-0.2, -0.15) is 0 Å². The maximum Gasteiger partial charge on any atom is 0.275 e. The molecule has 0 aliphatic heterocycles. The molecule has 0 bridgehead atoms. The van der Waals surface area contributed by atoms with E-state index in [0.717, 1.165) is 0 Å². The Hall–Kier alpha value is -2.44. The van der Waals surface area contributed by atoms with Gasteiger partial charge in [0.2, 0.25) is 0 Å². The van der Waals surface area contributed by atoms with E-state index < -0.39 is 11.5 Å². The maximum atomic E-state index is 10.8. The molecule has 2 aromatic rings. The van der Waals surface area contributed by atoms with E-state index in [1.165, 1.54) is 18.2 Å². The zero-order valence-corrected chi connectivity index (χ0v) is 10.5. The molecule has 0 fully saturated rings. The van der Waals surface area contributed by atoms with E-state index in [9.17, 15) is 10.1 Å². The molecular formula is C14H13NO5. The Balaban J connectivity index is 2.27. The van der Waals surface area contributed by atoms with E-state index in [-0.39, 0.29) is 17.9 Å². The average molecular weight is 275 g/mol. The van der Waals surface area contributed by atoms with Gasteiger partial charge in [0.25, 0.3) is 5.69 Å². The number of aliphatic hydroxyl groups is 2. The Morgan fingerprint density at radius 1 is 1.05 bits per heavy atom. The summed E-state index contributed by atoms with van der Waals surface area (Å²) in [5.74, 6) is 0.893. The second kappa shape index (κ2) is 6.14. The van der Waals surface area contributed by atoms with Crippen LogP contribution in [0.15, 0.2) is 42.5 Å². The smallest absolute Gasteiger partial charge is 0.275 e. The van der Waals surface area contributed by atoms with Gasteiger partial charge >= 0.3 is 0 Å². The molecule has 0 saturated carbocycles. The SMILES string of the molecule is O=[N+]([O-])c1ccc(Oc2cccc(CO)c2)cc1CO. The standard InChI is InChI=1S/C14H13NO5/c16-8-10-2-1-3-12(6-10)20-13-4-5-14(15(18)19)11(7-13)9-17/h1-7,16-17H,8-9H2. The van der Waals surface area contributed by atoms with E-state index in [1.54, 1.807) is 24.3 Å². The highest BCUT2D eigenvalue weighted by atomic mass is 16.6. The van der Waals surface area contributed by atoms with Crippen molar-refractivity contribution in [2.24, 2.45) is 0 Å². The number of benzene rings is 2. The predicted molar refractivity (Wildman–Crippen MR) is 71.5 cm³/mol. The molecule has 0 amide bonds. The maximum absolute atomic E-state index is 10.8. The van der Waals surface area contributed by atoms with Crippen LogP contribution >= 0.6 is 0 Å². The molecule has 0 aromatic heterocycles. The van der Waals surface area contributed by atoms with E-state index in [4.69, 9.17) is 14.9 Å². The minimum atomic E-state index is -0.554. The normalized spacial score (nSPS) is 10.3. The van der Waals surface area contributed by atoms with Crippen LogP contribution in [0.25, 0.3) is 0 Å². The number of hydrogen-bond donors (Lipinski definition) is 2. The summed E-state index contributed by atoms with van der Waals surface area (Å²) in [4.78, 5) is 10.2. The zero-order chi connectivity index (χ0) is 14.5. The van der Waals surface area contributed by atoms with Gasteiger partial charge in [-0.1, -0.05) is 12.1 Å². The van der Waals surface area contributed by atoms with Crippen LogP contribution in [0.4, 0.5) is 5.69 Å². The number of hydrogen-bond acceptors (Lipinski definition) is 5. The van der Waals surface area contributed by atoms with Gasteiger partial charge in [-0.05, 0) is 29.8 Å². The second-order valence-electron chi connectivity index (χ2n) is 4.11. The molecule has 6 nitrogen and oxygen atoms in total. The number of nitro groups is 1. The molecule has 0 heterocycles. The number of nitrogens with zero attached hydrogens (tertiary/aromatic N) is 1. The van der Waals surface area contributed by atoms with E-state index >= 15 is 0 Å². The van der Waals surface area contributed by atoms with Crippen LogP contribution in [0.5, 0.6) is 11.5 Å². The molecule has 0 unspecified atom stereocenters. The zero-order valence-electron chi connectivity index (χ0n) is 10.5. The molecule has 2 N–H and O–H groups in total. The van der Waals surface area contributed by atoms with Crippen molar-refractivity contribution in [3.63, 3.8) is 0 Å². The van der Waals surface area contributed by atoms with Gasteiger partial charge in [0.05, 0.1) is 23.7 Å². The molecule has 2 rings (SSSR count). The molecule has 6 heteroatoms. The summed E-state index contributed by atoms with van der Waals surface area (Å²) in [7, 11) is 0. The van der Waals surface area contributed by atoms with Gasteiger partial charge < -0.3 is 14.9 Å². The summed E-state index contributed by atoms with van der Waals surface area (Å²) in [6.45, 7) is -0.538. The summed E-state index contributed by atoms with van der Waals surface area (Å²) in [5.41, 5.74) is 0.738. The van der Waals surface area contributed by atoms with Crippen molar-refractivity contribution < 1.29 is 19.9 Å². The summed E-state index contributed by atoms with van der Waals surface area (Å²) >= 11 is 0. The molecule has 0 aliphatic rings. The Morgan fingerprint density at radius 3 is 2.45 bits per heavy atom. The van der Waals surface area contributed by atoms with Crippen LogP contribution in [0.3, 0.4) is 0 Å². The van der Waals surface area contributed by atoms with Crippen LogP contribution in [-0.4, -0.2) is 15.1 Å². The van der Waals surface area contributed by atoms with Crippen molar-refractivity contribution in [3.05, 3.63) is 63.7 Å². The fourth-order valence-electron chi connectivity index (χ4n) is 1.77. The van der Waals surface area contributed by atoms with Crippen LogP contribution in [0, 0.1) is 10.1 Å². The first-order valence-corrected chi connectivity index (χ1v) is 5.90. The van der Waals surface area contributed by atoms with E-state index in [2.05, 4.69) is 0 Å². The first-order valence-electron chi connectivity index (χ1n) is 5.90. The van der Waals surface area contributed by atoms with Gasteiger partial charge in [0, 0.05) is 6.07 Å². The summed E-state index contributed by atoms with van der Waals surface area (Å²) in [5, 5.41) is 29.0. The van der Waals surface area contributed by atoms with Crippen LogP contribution in [0.1, 0.15) is 11.1 Å². The lowest BCUT2D eigenvalue weighted by Gasteiger charge is -2.08. The second-order valence-corrected chi connectivity index (χ2v) is 4.11. The van der Waals surface area contributed by atoms with E-state index in [1.807, 2.05) is 0 Å². The lowest BCUT2D eigenvalue weighted by atomic mass is 10.2. The minimum Gasteiger partial charge on any atom is -0.457 e. The highest BCUT2D eigenvalue weighted by molar-refractivity contribution is 5.46. The van der Waals surface area contributed by atoms with Crippen LogP contribution < -0.4 is 4.74 Å². The third kappa shape index (κ3) is 3.11. The van der Waals surface area contributed by atoms with E-state index in [0.29, 0.717) is 17.1 Å². The van der Waals surface area contributed by atoms with Crippen molar-refractivity contribution in [2.75, 3.05) is 0 Å². The van der Waals surface area contributed by atoms with Gasteiger partial charge in [-0.15, -0.1) is 0 Å². The fraction of sp³-hybridized carbons (Fsp3) is 0.143. The summed E-state index contributed by atoms with van der Waals surface area (Å²) in [6.07, 6.45) is 0. The number of aliphatic hydroxyl groups excluding tert-OH is 2. The molecule has 0 radical (unpaired) electrons. The molecule has 20 heavy (non-hydrogen) atoms. The van der Waals surface area contributed by atoms with Crippen molar-refractivity contribution in [2.45, 2.75) is 13.2 Å². The Labute approximate surface area is 115 Å². The Kier molecular flexibility index (Phi) is 4.29. The topological polar surface area (TPSA) is 92.8 Å². The molecule has 0 saturated heterocycles. The van der Waals surface area contributed by atoms with Crippen molar-refractivity contribution in [1.29, 1.82) is 0 Å². The quantitative estimate of drug-likeness (QED) is 0.645. The Bertz CT molecular complexity index is 627. The van der Waals surface area contributed by atoms with Gasteiger partial charge in [-0.25, -0.2) is 0 Å². The first kappa shape index (κ1) is 14.0. The molecule has 0 atom stereocenters. The molecule has 0 spiro atoms. The number of rotatable bonds is 5. The first-order chi connectivity index (χ1) is 9.63. The largest absolute Gasteiger partial charge is 0.457 e. The molecular weight excluding hydrogens is 262 g/mol. The lowest BCUT2D eigenvalue weighted by Crippen LogP contribution is -1.96. The highest BCUT2D eigenvalue weighted by Gasteiger charge is 2.14. The minimum absolute atomic E-state index is 0.0979. The monoisotopic (exact) mass is 275 g/mol. The Morgan fingerprint density at radius 2 is 1.80 bits per heavy atom. The number of ether oxygens (including phenoxy) is 1. The van der Waals surface area contributed by atoms with Crippen LogP contribution in [-0.2, 0) is 13.2 Å². The predicted octanol–water partition coefficient (Wildman–Crippen LogP) is 2.37. The molecule has 104 valence electrons. The van der Waals surface area contributed by atoms with Crippen LogP contribution in [0.2, 0.25) is 0 Å². The molecule has 2 aromatic carbocycles. The molecule has 0 aliphatic carbocycles. The summed E-state index contributed by atoms with van der Waals surface area (Å²) in [6, 6.07) is 11.0. The van der Waals surface area contributed by atoms with Gasteiger partial charge in [0.15, 0.2) is 0 Å². The van der Waals surface area contributed by atoms with Crippen molar-refractivity contribution >= 4 is 5.69 Å². The highest BCUT2D eigenvalue weighted by Crippen LogP contribution is 2.28. The van der Waals surface area contributed by atoms with Crippen molar-refractivity contribution in [3.8, 4) is 11.5 Å². The lowest BCUT2D eigenvalue weighted by molar-refractivity contribution is -0.385. The van der Waals surface area contributed by atoms with Gasteiger partial charge in [0.1, 0.15) is 11.5 Å². The average Bonchev–Trinajstić information content (AvgIpc) is 2.47.